The van der Waals surface area contributed by atoms with Gasteiger partial charge in [-0.15, -0.1) is 0 Å². The molecule has 2 aromatic carbocycles. The number of aryl methyl sites for hydroxylation is 1. The third-order valence-corrected chi connectivity index (χ3v) is 2.82. The number of hydrogen-bond acceptors (Lipinski definition) is 2. The summed E-state index contributed by atoms with van der Waals surface area (Å²) in [4.78, 5) is 12.1. The molecule has 0 heterocycles. The predicted molar refractivity (Wildman–Crippen MR) is 75.1 cm³/mol. The number of nitrogens with one attached hydrogen (secondary N) is 2. The van der Waals surface area contributed by atoms with Crippen LogP contribution < -0.4 is 10.6 Å². The summed E-state index contributed by atoms with van der Waals surface area (Å²) in [6.07, 6.45) is 0. The molecule has 2 N–H and O–H groups in total. The van der Waals surface area contributed by atoms with Gasteiger partial charge in [-0.2, -0.15) is 0 Å². The van der Waals surface area contributed by atoms with Crippen LogP contribution in [0.4, 0.5) is 15.8 Å². The Bertz CT molecular complexity index is 594. The first kappa shape index (κ1) is 13.1. The maximum absolute atomic E-state index is 13.6. The number of hydrogen-bond donors (Lipinski definition) is 2. The zero-order chi connectivity index (χ0) is 13.8. The third-order valence-electron chi connectivity index (χ3n) is 2.82. The maximum Gasteiger partial charge on any atom is 0.257 e. The van der Waals surface area contributed by atoms with Crippen molar-refractivity contribution < 1.29 is 9.18 Å². The molecule has 0 bridgehead atoms. The molecule has 0 saturated heterocycles. The van der Waals surface area contributed by atoms with Crippen molar-refractivity contribution in [3.8, 4) is 0 Å². The average Bonchev–Trinajstić information content (AvgIpc) is 2.41. The molecule has 0 aliphatic heterocycles. The minimum absolute atomic E-state index is 0.201. The zero-order valence-corrected chi connectivity index (χ0v) is 10.8. The molecule has 1 amide bonds. The summed E-state index contributed by atoms with van der Waals surface area (Å²) >= 11 is 0. The molecule has 19 heavy (non-hydrogen) atoms. The number of halogens is 1. The summed E-state index contributed by atoms with van der Waals surface area (Å²) in [6.45, 7) is 1.97. The largest absolute Gasteiger partial charge is 0.385 e. The Labute approximate surface area is 111 Å². The second-order valence-electron chi connectivity index (χ2n) is 4.23. The normalized spacial score (nSPS) is 10.1. The molecular weight excluding hydrogens is 243 g/mol. The van der Waals surface area contributed by atoms with Crippen LogP contribution in [0.25, 0.3) is 0 Å². The van der Waals surface area contributed by atoms with Gasteiger partial charge in [0.05, 0.1) is 11.3 Å². The van der Waals surface area contributed by atoms with Crippen LogP contribution in [0.2, 0.25) is 0 Å². The number of rotatable bonds is 3. The van der Waals surface area contributed by atoms with Crippen molar-refractivity contribution in [3.63, 3.8) is 0 Å². The predicted octanol–water partition coefficient (Wildman–Crippen LogP) is 3.43. The van der Waals surface area contributed by atoms with Crippen LogP contribution in [0.1, 0.15) is 15.9 Å². The van der Waals surface area contributed by atoms with E-state index in [4.69, 9.17) is 0 Å². The maximum atomic E-state index is 13.6. The van der Waals surface area contributed by atoms with E-state index in [1.165, 1.54) is 12.1 Å². The van der Waals surface area contributed by atoms with Crippen LogP contribution in [0, 0.1) is 12.7 Å². The minimum Gasteiger partial charge on any atom is -0.385 e. The first-order valence-electron chi connectivity index (χ1n) is 5.96. The summed E-state index contributed by atoms with van der Waals surface area (Å²) in [5, 5.41) is 5.45. The highest BCUT2D eigenvalue weighted by Crippen LogP contribution is 2.20. The Balaban J connectivity index is 2.25. The first-order chi connectivity index (χ1) is 9.11. The van der Waals surface area contributed by atoms with Crippen molar-refractivity contribution >= 4 is 17.3 Å². The fourth-order valence-electron chi connectivity index (χ4n) is 1.80. The molecule has 0 unspecified atom stereocenters. The Hall–Kier alpha value is -2.36. The number of benzene rings is 2. The van der Waals surface area contributed by atoms with E-state index < -0.39 is 5.82 Å². The fourth-order valence-corrected chi connectivity index (χ4v) is 1.80. The molecule has 98 valence electrons. The number of para-hydroxylation sites is 1. The average molecular weight is 258 g/mol. The second-order valence-corrected chi connectivity index (χ2v) is 4.23. The van der Waals surface area contributed by atoms with E-state index in [1.54, 1.807) is 13.1 Å². The van der Waals surface area contributed by atoms with E-state index in [1.807, 2.05) is 31.2 Å². The number of carbonyl (C=O) groups is 1. The third kappa shape index (κ3) is 2.91. The van der Waals surface area contributed by atoms with Gasteiger partial charge in [0, 0.05) is 12.7 Å². The van der Waals surface area contributed by atoms with E-state index in [0.717, 1.165) is 5.56 Å². The standard InChI is InChI=1S/C15H15FN2O/c1-10-6-8-11(9-7-10)18-15(19)12-4-3-5-13(16)14(12)17-2/h3-9,17H,1-2H3,(H,18,19). The molecule has 0 aromatic heterocycles. The number of amides is 1. The van der Waals surface area contributed by atoms with E-state index >= 15 is 0 Å². The lowest BCUT2D eigenvalue weighted by Crippen LogP contribution is -2.14. The Kier molecular flexibility index (Phi) is 3.80. The van der Waals surface area contributed by atoms with E-state index in [0.29, 0.717) is 5.69 Å². The Morgan fingerprint density at radius 2 is 1.79 bits per heavy atom. The van der Waals surface area contributed by atoms with Crippen molar-refractivity contribution in [2.45, 2.75) is 6.92 Å². The van der Waals surface area contributed by atoms with Gasteiger partial charge < -0.3 is 10.6 Å². The van der Waals surface area contributed by atoms with Gasteiger partial charge in [-0.25, -0.2) is 4.39 Å². The molecule has 0 radical (unpaired) electrons. The smallest absolute Gasteiger partial charge is 0.257 e. The summed E-state index contributed by atoms with van der Waals surface area (Å²) in [7, 11) is 1.58. The molecule has 0 saturated carbocycles. The van der Waals surface area contributed by atoms with Crippen LogP contribution in [0.5, 0.6) is 0 Å². The van der Waals surface area contributed by atoms with Crippen LogP contribution in [-0.2, 0) is 0 Å². The number of carbonyl (C=O) groups excluding carboxylic acids is 1. The van der Waals surface area contributed by atoms with Crippen molar-refractivity contribution in [1.82, 2.24) is 0 Å². The van der Waals surface area contributed by atoms with Crippen molar-refractivity contribution in [3.05, 3.63) is 59.4 Å². The van der Waals surface area contributed by atoms with Crippen LogP contribution in [-0.4, -0.2) is 13.0 Å². The summed E-state index contributed by atoms with van der Waals surface area (Å²) in [6, 6.07) is 11.8. The van der Waals surface area contributed by atoms with Gasteiger partial charge in [0.15, 0.2) is 0 Å². The fraction of sp³-hybridized carbons (Fsp3) is 0.133. The highest BCUT2D eigenvalue weighted by Gasteiger charge is 2.13. The van der Waals surface area contributed by atoms with Gasteiger partial charge in [0.1, 0.15) is 5.82 Å². The SMILES string of the molecule is CNc1c(F)cccc1C(=O)Nc1ccc(C)cc1. The molecule has 3 nitrogen and oxygen atoms in total. The molecule has 0 fully saturated rings. The first-order valence-corrected chi connectivity index (χ1v) is 5.96. The summed E-state index contributed by atoms with van der Waals surface area (Å²) in [5.74, 6) is -0.785. The molecule has 0 aliphatic carbocycles. The van der Waals surface area contributed by atoms with Crippen LogP contribution in [0.15, 0.2) is 42.5 Å². The van der Waals surface area contributed by atoms with E-state index in [2.05, 4.69) is 10.6 Å². The van der Waals surface area contributed by atoms with Crippen LogP contribution >= 0.6 is 0 Å². The lowest BCUT2D eigenvalue weighted by atomic mass is 10.1. The zero-order valence-electron chi connectivity index (χ0n) is 10.8. The minimum atomic E-state index is -0.445. The molecule has 0 aliphatic rings. The summed E-state index contributed by atoms with van der Waals surface area (Å²) in [5.41, 5.74) is 2.27. The lowest BCUT2D eigenvalue weighted by molar-refractivity contribution is 0.102. The Morgan fingerprint density at radius 3 is 2.42 bits per heavy atom. The molecule has 0 atom stereocenters. The van der Waals surface area contributed by atoms with Crippen molar-refractivity contribution in [1.29, 1.82) is 0 Å². The highest BCUT2D eigenvalue weighted by atomic mass is 19.1. The molecule has 4 heteroatoms. The summed E-state index contributed by atoms with van der Waals surface area (Å²) < 4.78 is 13.6. The number of anilines is 2. The van der Waals surface area contributed by atoms with Gasteiger partial charge in [-0.1, -0.05) is 23.8 Å². The quantitative estimate of drug-likeness (QED) is 0.885. The topological polar surface area (TPSA) is 41.1 Å². The highest BCUT2D eigenvalue weighted by molar-refractivity contribution is 6.08. The lowest BCUT2D eigenvalue weighted by Gasteiger charge is -2.10. The van der Waals surface area contributed by atoms with Gasteiger partial charge in [0.25, 0.3) is 5.91 Å². The van der Waals surface area contributed by atoms with Gasteiger partial charge in [-0.05, 0) is 31.2 Å². The van der Waals surface area contributed by atoms with Gasteiger partial charge >= 0.3 is 0 Å². The van der Waals surface area contributed by atoms with Crippen LogP contribution in [0.3, 0.4) is 0 Å². The molecular formula is C15H15FN2O. The van der Waals surface area contributed by atoms with E-state index in [-0.39, 0.29) is 17.2 Å². The molecule has 0 spiro atoms. The van der Waals surface area contributed by atoms with Crippen molar-refractivity contribution in [2.24, 2.45) is 0 Å². The monoisotopic (exact) mass is 258 g/mol. The molecule has 2 aromatic rings. The van der Waals surface area contributed by atoms with Gasteiger partial charge in [-0.3, -0.25) is 4.79 Å². The Morgan fingerprint density at radius 1 is 1.11 bits per heavy atom. The second kappa shape index (κ2) is 5.52. The molecule has 2 rings (SSSR count). The van der Waals surface area contributed by atoms with E-state index in [9.17, 15) is 9.18 Å². The van der Waals surface area contributed by atoms with Gasteiger partial charge in [0.2, 0.25) is 0 Å². The van der Waals surface area contributed by atoms with Crippen molar-refractivity contribution in [2.75, 3.05) is 17.7 Å².